The summed E-state index contributed by atoms with van der Waals surface area (Å²) in [6.07, 6.45) is 3.53. The van der Waals surface area contributed by atoms with Crippen LogP contribution in [0.4, 0.5) is 5.69 Å². The van der Waals surface area contributed by atoms with Crippen LogP contribution in [0.5, 0.6) is 0 Å². The lowest BCUT2D eigenvalue weighted by atomic mass is 10.2. The molecule has 1 aromatic heterocycles. The SMILES string of the molecule is N=c1ccn(Cc2ccccc2[NH+]([O-])O)cc1. The van der Waals surface area contributed by atoms with Crippen LogP contribution in [-0.4, -0.2) is 9.77 Å². The summed E-state index contributed by atoms with van der Waals surface area (Å²) in [5.74, 6) is 0. The average Bonchev–Trinajstić information content (AvgIpc) is 2.32. The van der Waals surface area contributed by atoms with Gasteiger partial charge in [0.05, 0.1) is 11.9 Å². The summed E-state index contributed by atoms with van der Waals surface area (Å²) in [7, 11) is 0. The van der Waals surface area contributed by atoms with Crippen LogP contribution in [0.3, 0.4) is 0 Å². The molecule has 0 amide bonds. The van der Waals surface area contributed by atoms with E-state index >= 15 is 0 Å². The fourth-order valence-corrected chi connectivity index (χ4v) is 1.63. The van der Waals surface area contributed by atoms with Crippen molar-refractivity contribution in [1.29, 1.82) is 5.41 Å². The molecule has 5 nitrogen and oxygen atoms in total. The Morgan fingerprint density at radius 2 is 1.82 bits per heavy atom. The molecule has 0 spiro atoms. The Balaban J connectivity index is 2.29. The lowest BCUT2D eigenvalue weighted by Crippen LogP contribution is -2.99. The van der Waals surface area contributed by atoms with Gasteiger partial charge < -0.3 is 15.2 Å². The lowest BCUT2D eigenvalue weighted by molar-refractivity contribution is -0.991. The lowest BCUT2D eigenvalue weighted by Gasteiger charge is -2.16. The third-order valence-electron chi connectivity index (χ3n) is 2.49. The van der Waals surface area contributed by atoms with Gasteiger partial charge in [0.15, 0.2) is 5.69 Å². The second-order valence-electron chi connectivity index (χ2n) is 3.72. The van der Waals surface area contributed by atoms with E-state index in [4.69, 9.17) is 10.6 Å². The van der Waals surface area contributed by atoms with Crippen molar-refractivity contribution < 1.29 is 10.4 Å². The number of pyridine rings is 1. The quantitative estimate of drug-likeness (QED) is 0.669. The molecule has 1 heterocycles. The van der Waals surface area contributed by atoms with Crippen molar-refractivity contribution in [1.82, 2.24) is 4.57 Å². The van der Waals surface area contributed by atoms with Crippen LogP contribution >= 0.6 is 0 Å². The maximum absolute atomic E-state index is 11.0. The van der Waals surface area contributed by atoms with E-state index < -0.39 is 5.23 Å². The molecule has 2 aromatic rings. The molecule has 0 aliphatic carbocycles. The van der Waals surface area contributed by atoms with E-state index in [0.29, 0.717) is 17.6 Å². The van der Waals surface area contributed by atoms with Gasteiger partial charge in [-0.3, -0.25) is 0 Å². The molecular formula is C12H13N3O2. The highest BCUT2D eigenvalue weighted by Crippen LogP contribution is 2.11. The van der Waals surface area contributed by atoms with Crippen molar-refractivity contribution in [2.45, 2.75) is 6.54 Å². The largest absolute Gasteiger partial charge is 0.595 e. The molecule has 0 aliphatic heterocycles. The highest BCUT2D eigenvalue weighted by Gasteiger charge is 2.07. The summed E-state index contributed by atoms with van der Waals surface area (Å²) in [5, 5.41) is 27.0. The van der Waals surface area contributed by atoms with E-state index in [1.165, 1.54) is 0 Å². The molecule has 0 aliphatic rings. The van der Waals surface area contributed by atoms with E-state index in [9.17, 15) is 5.21 Å². The minimum absolute atomic E-state index is 0.315. The molecule has 5 heteroatoms. The van der Waals surface area contributed by atoms with Crippen LogP contribution in [0.25, 0.3) is 0 Å². The molecule has 0 saturated heterocycles. The van der Waals surface area contributed by atoms with Gasteiger partial charge in [0.1, 0.15) is 0 Å². The van der Waals surface area contributed by atoms with Crippen LogP contribution in [0.2, 0.25) is 0 Å². The molecule has 0 radical (unpaired) electrons. The molecule has 2 rings (SSSR count). The highest BCUT2D eigenvalue weighted by atomic mass is 16.8. The maximum Gasteiger partial charge on any atom is 0.168 e. The number of nitrogens with zero attached hydrogens (tertiary/aromatic N) is 1. The normalized spacial score (nSPS) is 12.4. The summed E-state index contributed by atoms with van der Waals surface area (Å²) >= 11 is 0. The highest BCUT2D eigenvalue weighted by molar-refractivity contribution is 5.39. The van der Waals surface area contributed by atoms with Gasteiger partial charge in [-0.2, -0.15) is 5.23 Å². The van der Waals surface area contributed by atoms with Crippen LogP contribution in [0.15, 0.2) is 48.8 Å². The van der Waals surface area contributed by atoms with Gasteiger partial charge in [-0.25, -0.2) is 5.21 Å². The number of hydrogen-bond acceptors (Lipinski definition) is 3. The standard InChI is InChI=1S/C12H13N3O2/c13-11-5-7-14(8-6-11)9-10-3-1-2-4-12(10)15(16)17/h1-8,13,15-16H,9H2. The minimum Gasteiger partial charge on any atom is -0.595 e. The van der Waals surface area contributed by atoms with Gasteiger partial charge in [-0.05, 0) is 12.1 Å². The molecule has 3 N–H and O–H groups in total. The topological polar surface area (TPSA) is 76.5 Å². The second-order valence-corrected chi connectivity index (χ2v) is 3.72. The zero-order chi connectivity index (χ0) is 12.3. The average molecular weight is 231 g/mol. The Morgan fingerprint density at radius 1 is 1.18 bits per heavy atom. The summed E-state index contributed by atoms with van der Waals surface area (Å²) in [5.41, 5.74) is 1.07. The van der Waals surface area contributed by atoms with Gasteiger partial charge in [0.2, 0.25) is 0 Å². The fraction of sp³-hybridized carbons (Fsp3) is 0.0833. The first-order valence-electron chi connectivity index (χ1n) is 5.19. The van der Waals surface area contributed by atoms with Crippen molar-refractivity contribution in [3.05, 3.63) is 64.9 Å². The predicted octanol–water partition coefficient (Wildman–Crippen LogP) is 0.419. The Bertz CT molecular complexity index is 543. The van der Waals surface area contributed by atoms with Crippen molar-refractivity contribution in [2.24, 2.45) is 0 Å². The van der Waals surface area contributed by atoms with E-state index in [1.807, 2.05) is 10.6 Å². The Hall–Kier alpha value is -1.95. The first kappa shape index (κ1) is 11.5. The molecule has 1 atom stereocenters. The molecule has 88 valence electrons. The Labute approximate surface area is 98.2 Å². The minimum atomic E-state index is -0.918. The van der Waals surface area contributed by atoms with E-state index in [0.717, 1.165) is 5.56 Å². The zero-order valence-corrected chi connectivity index (χ0v) is 9.13. The van der Waals surface area contributed by atoms with Gasteiger partial charge >= 0.3 is 0 Å². The van der Waals surface area contributed by atoms with Crippen LogP contribution < -0.4 is 10.6 Å². The van der Waals surface area contributed by atoms with E-state index in [1.54, 1.807) is 42.7 Å². The van der Waals surface area contributed by atoms with Crippen LogP contribution in [0, 0.1) is 10.6 Å². The number of aromatic nitrogens is 1. The van der Waals surface area contributed by atoms with Crippen LogP contribution in [-0.2, 0) is 6.54 Å². The molecule has 1 aromatic carbocycles. The van der Waals surface area contributed by atoms with Crippen LogP contribution in [0.1, 0.15) is 5.56 Å². The molecule has 0 bridgehead atoms. The van der Waals surface area contributed by atoms with Crippen molar-refractivity contribution in [3.63, 3.8) is 0 Å². The third-order valence-corrected chi connectivity index (χ3v) is 2.49. The second kappa shape index (κ2) is 4.92. The zero-order valence-electron chi connectivity index (χ0n) is 9.13. The molecular weight excluding hydrogens is 218 g/mol. The predicted molar refractivity (Wildman–Crippen MR) is 61.6 cm³/mol. The fourth-order valence-electron chi connectivity index (χ4n) is 1.63. The Morgan fingerprint density at radius 3 is 2.47 bits per heavy atom. The first-order chi connectivity index (χ1) is 8.16. The third kappa shape index (κ3) is 2.79. The summed E-state index contributed by atoms with van der Waals surface area (Å²) in [4.78, 5) is 0. The van der Waals surface area contributed by atoms with Gasteiger partial charge in [0, 0.05) is 24.0 Å². The van der Waals surface area contributed by atoms with Gasteiger partial charge in [-0.15, -0.1) is 0 Å². The number of benzene rings is 1. The Kier molecular flexibility index (Phi) is 3.34. The van der Waals surface area contributed by atoms with E-state index in [-0.39, 0.29) is 0 Å². The number of quaternary nitrogens is 1. The smallest absolute Gasteiger partial charge is 0.168 e. The number of para-hydroxylation sites is 1. The molecule has 0 fully saturated rings. The summed E-state index contributed by atoms with van der Waals surface area (Å²) in [6.45, 7) is 0.489. The maximum atomic E-state index is 11.0. The molecule has 1 unspecified atom stereocenters. The summed E-state index contributed by atoms with van der Waals surface area (Å²) < 4.78 is 1.85. The monoisotopic (exact) mass is 231 g/mol. The van der Waals surface area contributed by atoms with Gasteiger partial charge in [0.25, 0.3) is 0 Å². The first-order valence-corrected chi connectivity index (χ1v) is 5.19. The number of rotatable bonds is 3. The van der Waals surface area contributed by atoms with Crippen molar-refractivity contribution in [3.8, 4) is 0 Å². The van der Waals surface area contributed by atoms with Crippen molar-refractivity contribution in [2.75, 3.05) is 0 Å². The number of nitrogens with one attached hydrogen (secondary N) is 2. The van der Waals surface area contributed by atoms with Gasteiger partial charge in [-0.1, -0.05) is 18.2 Å². The van der Waals surface area contributed by atoms with Crippen molar-refractivity contribution >= 4 is 5.69 Å². The van der Waals surface area contributed by atoms with E-state index in [2.05, 4.69) is 0 Å². The number of hydrogen-bond donors (Lipinski definition) is 3. The molecule has 17 heavy (non-hydrogen) atoms. The molecule has 0 saturated carbocycles. The summed E-state index contributed by atoms with van der Waals surface area (Å²) in [6, 6.07) is 10.3.